The van der Waals surface area contributed by atoms with E-state index in [1.807, 2.05) is 27.7 Å². The van der Waals surface area contributed by atoms with Gasteiger partial charge in [-0.1, -0.05) is 36.8 Å². The molecule has 21 heavy (non-hydrogen) atoms. The molecule has 1 aromatic rings. The lowest BCUT2D eigenvalue weighted by atomic mass is 10.1. The summed E-state index contributed by atoms with van der Waals surface area (Å²) in [6.07, 6.45) is 1.05. The van der Waals surface area contributed by atoms with E-state index in [0.717, 1.165) is 12.0 Å². The van der Waals surface area contributed by atoms with Gasteiger partial charge in [-0.15, -0.1) is 0 Å². The topological polar surface area (TPSA) is 49.4 Å². The van der Waals surface area contributed by atoms with Crippen LogP contribution in [0.2, 0.25) is 0 Å². The first-order valence-electron chi connectivity index (χ1n) is 7.62. The van der Waals surface area contributed by atoms with Crippen LogP contribution in [-0.2, 0) is 9.59 Å². The van der Waals surface area contributed by atoms with E-state index in [2.05, 4.69) is 29.6 Å². The van der Waals surface area contributed by atoms with E-state index < -0.39 is 6.04 Å². The summed E-state index contributed by atoms with van der Waals surface area (Å²) in [5.74, 6) is -0.156. The van der Waals surface area contributed by atoms with Crippen LogP contribution in [0.15, 0.2) is 24.3 Å². The van der Waals surface area contributed by atoms with Gasteiger partial charge in [-0.3, -0.25) is 19.8 Å². The first-order valence-corrected chi connectivity index (χ1v) is 7.62. The Bertz CT molecular complexity index is 524. The quantitative estimate of drug-likeness (QED) is 0.847. The summed E-state index contributed by atoms with van der Waals surface area (Å²) < 4.78 is 0. The van der Waals surface area contributed by atoms with Crippen LogP contribution in [0.1, 0.15) is 50.8 Å². The summed E-state index contributed by atoms with van der Waals surface area (Å²) >= 11 is 0. The number of nitrogens with zero attached hydrogens (tertiary/aromatic N) is 1. The maximum atomic E-state index is 12.4. The molecule has 114 valence electrons. The Morgan fingerprint density at radius 1 is 1.24 bits per heavy atom. The van der Waals surface area contributed by atoms with Gasteiger partial charge in [0.05, 0.1) is 12.5 Å². The number of hydrogen-bond acceptors (Lipinski definition) is 3. The fourth-order valence-corrected chi connectivity index (χ4v) is 2.68. The lowest BCUT2D eigenvalue weighted by Crippen LogP contribution is -2.43. The molecule has 0 aliphatic carbocycles. The van der Waals surface area contributed by atoms with Crippen molar-refractivity contribution in [1.82, 2.24) is 10.2 Å². The molecule has 0 spiro atoms. The molecule has 1 N–H and O–H groups in total. The van der Waals surface area contributed by atoms with E-state index in [-0.39, 0.29) is 30.3 Å². The highest BCUT2D eigenvalue weighted by atomic mass is 16.2. The second-order valence-corrected chi connectivity index (χ2v) is 5.91. The largest absolute Gasteiger partial charge is 0.299 e. The van der Waals surface area contributed by atoms with Gasteiger partial charge in [0.2, 0.25) is 11.8 Å². The van der Waals surface area contributed by atoms with Crippen molar-refractivity contribution in [2.75, 3.05) is 0 Å². The van der Waals surface area contributed by atoms with Crippen molar-refractivity contribution < 1.29 is 9.59 Å². The molecule has 4 nitrogen and oxygen atoms in total. The van der Waals surface area contributed by atoms with Gasteiger partial charge in [0, 0.05) is 12.1 Å². The summed E-state index contributed by atoms with van der Waals surface area (Å²) in [6, 6.07) is 7.85. The maximum Gasteiger partial charge on any atom is 0.247 e. The highest BCUT2D eigenvalue weighted by molar-refractivity contribution is 6.05. The zero-order valence-electron chi connectivity index (χ0n) is 13.2. The van der Waals surface area contributed by atoms with Crippen LogP contribution < -0.4 is 5.32 Å². The number of likely N-dealkylation sites (tertiary alicyclic amines) is 1. The molecule has 4 heteroatoms. The first kappa shape index (κ1) is 15.7. The van der Waals surface area contributed by atoms with Crippen molar-refractivity contribution in [3.05, 3.63) is 35.4 Å². The van der Waals surface area contributed by atoms with Crippen molar-refractivity contribution in [3.63, 3.8) is 0 Å². The molecular weight excluding hydrogens is 264 g/mol. The van der Waals surface area contributed by atoms with Crippen LogP contribution in [0.25, 0.3) is 0 Å². The second-order valence-electron chi connectivity index (χ2n) is 5.91. The smallest absolute Gasteiger partial charge is 0.247 e. The number of benzene rings is 1. The molecule has 3 unspecified atom stereocenters. The summed E-state index contributed by atoms with van der Waals surface area (Å²) in [5.41, 5.74) is 2.34. The van der Waals surface area contributed by atoms with E-state index in [1.165, 1.54) is 10.5 Å². The third-order valence-corrected chi connectivity index (χ3v) is 4.24. The molecule has 1 aromatic carbocycles. The van der Waals surface area contributed by atoms with Gasteiger partial charge in [0.1, 0.15) is 0 Å². The number of aryl methyl sites for hydroxylation is 1. The van der Waals surface area contributed by atoms with Gasteiger partial charge >= 0.3 is 0 Å². The van der Waals surface area contributed by atoms with E-state index in [4.69, 9.17) is 0 Å². The highest BCUT2D eigenvalue weighted by Gasteiger charge is 2.40. The van der Waals surface area contributed by atoms with Crippen LogP contribution >= 0.6 is 0 Å². The first-order chi connectivity index (χ1) is 9.93. The lowest BCUT2D eigenvalue weighted by molar-refractivity contribution is -0.141. The van der Waals surface area contributed by atoms with Crippen molar-refractivity contribution in [2.45, 2.75) is 58.7 Å². The molecule has 0 saturated carbocycles. The molecule has 1 aliphatic heterocycles. The monoisotopic (exact) mass is 288 g/mol. The fraction of sp³-hybridized carbons (Fsp3) is 0.529. The highest BCUT2D eigenvalue weighted by Crippen LogP contribution is 2.21. The fourth-order valence-electron chi connectivity index (χ4n) is 2.68. The molecule has 1 saturated heterocycles. The Balaban J connectivity index is 2.05. The summed E-state index contributed by atoms with van der Waals surface area (Å²) in [7, 11) is 0. The third kappa shape index (κ3) is 3.32. The van der Waals surface area contributed by atoms with Crippen LogP contribution in [0, 0.1) is 6.92 Å². The number of nitrogens with one attached hydrogen (secondary N) is 1. The van der Waals surface area contributed by atoms with Gasteiger partial charge in [-0.2, -0.15) is 0 Å². The summed E-state index contributed by atoms with van der Waals surface area (Å²) in [5, 5.41) is 3.29. The van der Waals surface area contributed by atoms with E-state index in [0.29, 0.717) is 0 Å². The average molecular weight is 288 g/mol. The van der Waals surface area contributed by atoms with Gasteiger partial charge in [0.15, 0.2) is 0 Å². The molecule has 1 fully saturated rings. The third-order valence-electron chi connectivity index (χ3n) is 4.24. The van der Waals surface area contributed by atoms with Crippen molar-refractivity contribution >= 4 is 11.8 Å². The SMILES string of the molecule is CCC(C)N1C(=O)CC(NC(C)c2ccc(C)cc2)C1=O. The number of carbonyl (C=O) groups is 2. The molecule has 3 atom stereocenters. The number of imide groups is 1. The summed E-state index contributed by atoms with van der Waals surface area (Å²) in [4.78, 5) is 25.8. The van der Waals surface area contributed by atoms with Crippen molar-refractivity contribution in [2.24, 2.45) is 0 Å². The minimum atomic E-state index is -0.400. The van der Waals surface area contributed by atoms with Crippen molar-refractivity contribution in [1.29, 1.82) is 0 Å². The van der Waals surface area contributed by atoms with Gasteiger partial charge in [0.25, 0.3) is 0 Å². The Labute approximate surface area is 126 Å². The zero-order chi connectivity index (χ0) is 15.6. The predicted molar refractivity (Wildman–Crippen MR) is 82.7 cm³/mol. The Morgan fingerprint density at radius 3 is 2.43 bits per heavy atom. The molecule has 0 radical (unpaired) electrons. The van der Waals surface area contributed by atoms with E-state index in [9.17, 15) is 9.59 Å². The van der Waals surface area contributed by atoms with E-state index >= 15 is 0 Å². The Hall–Kier alpha value is -1.68. The van der Waals surface area contributed by atoms with Gasteiger partial charge < -0.3 is 0 Å². The molecular formula is C17H24N2O2. The van der Waals surface area contributed by atoms with Crippen LogP contribution in [0.4, 0.5) is 0 Å². The van der Waals surface area contributed by atoms with Crippen LogP contribution in [-0.4, -0.2) is 28.8 Å². The van der Waals surface area contributed by atoms with Gasteiger partial charge in [-0.05, 0) is 32.8 Å². The Kier molecular flexibility index (Phi) is 4.78. The number of carbonyl (C=O) groups excluding carboxylic acids is 2. The van der Waals surface area contributed by atoms with Crippen LogP contribution in [0.5, 0.6) is 0 Å². The zero-order valence-corrected chi connectivity index (χ0v) is 13.2. The minimum absolute atomic E-state index is 0.0218. The normalized spacial score (nSPS) is 21.7. The molecule has 1 aliphatic rings. The average Bonchev–Trinajstić information content (AvgIpc) is 2.73. The predicted octanol–water partition coefficient (Wildman–Crippen LogP) is 2.57. The summed E-state index contributed by atoms with van der Waals surface area (Å²) in [6.45, 7) is 7.97. The number of rotatable bonds is 5. The lowest BCUT2D eigenvalue weighted by Gasteiger charge is -2.23. The van der Waals surface area contributed by atoms with Crippen molar-refractivity contribution in [3.8, 4) is 0 Å². The maximum absolute atomic E-state index is 12.4. The molecule has 0 aromatic heterocycles. The second kappa shape index (κ2) is 6.39. The standard InChI is InChI=1S/C17H24N2O2/c1-5-12(3)19-16(20)10-15(17(19)21)18-13(4)14-8-6-11(2)7-9-14/h6-9,12-13,15,18H,5,10H2,1-4H3. The molecule has 2 rings (SSSR count). The Morgan fingerprint density at radius 2 is 1.86 bits per heavy atom. The molecule has 1 heterocycles. The molecule has 0 bridgehead atoms. The van der Waals surface area contributed by atoms with Gasteiger partial charge in [-0.25, -0.2) is 0 Å². The van der Waals surface area contributed by atoms with E-state index in [1.54, 1.807) is 0 Å². The minimum Gasteiger partial charge on any atom is -0.299 e. The number of amides is 2. The molecule has 2 amide bonds. The number of hydrogen-bond donors (Lipinski definition) is 1. The van der Waals surface area contributed by atoms with Crippen LogP contribution in [0.3, 0.4) is 0 Å².